The van der Waals surface area contributed by atoms with Crippen molar-refractivity contribution >= 4 is 28.6 Å². The zero-order valence-electron chi connectivity index (χ0n) is 13.8. The number of aryl methyl sites for hydroxylation is 1. The average Bonchev–Trinajstić information content (AvgIpc) is 2.91. The fraction of sp³-hybridized carbons (Fsp3) is 0.316. The van der Waals surface area contributed by atoms with Crippen molar-refractivity contribution in [2.45, 2.75) is 18.9 Å². The molecule has 0 aromatic heterocycles. The number of benzene rings is 2. The lowest BCUT2D eigenvalue weighted by molar-refractivity contribution is -0.142. The highest BCUT2D eigenvalue weighted by molar-refractivity contribution is 6.02. The molecule has 4 rings (SSSR count). The maximum absolute atomic E-state index is 12.4. The fourth-order valence-corrected chi connectivity index (χ4v) is 3.54. The van der Waals surface area contributed by atoms with Gasteiger partial charge in [-0.15, -0.1) is 0 Å². The van der Waals surface area contributed by atoms with Gasteiger partial charge in [0.1, 0.15) is 0 Å². The minimum Gasteiger partial charge on any atom is -0.338 e. The molecule has 1 N–H and O–H groups in total. The third-order valence-electron chi connectivity index (χ3n) is 4.95. The first-order valence-electron chi connectivity index (χ1n) is 8.48. The summed E-state index contributed by atoms with van der Waals surface area (Å²) >= 11 is 0. The second-order valence-electron chi connectivity index (χ2n) is 6.51. The van der Waals surface area contributed by atoms with Crippen LogP contribution in [0.2, 0.25) is 0 Å². The van der Waals surface area contributed by atoms with Gasteiger partial charge in [-0.05, 0) is 22.8 Å². The van der Waals surface area contributed by atoms with Gasteiger partial charge in [-0.2, -0.15) is 0 Å². The number of imide groups is 1. The van der Waals surface area contributed by atoms with Crippen molar-refractivity contribution in [3.63, 3.8) is 0 Å². The summed E-state index contributed by atoms with van der Waals surface area (Å²) in [5.41, 5.74) is 1.16. The van der Waals surface area contributed by atoms with E-state index in [9.17, 15) is 14.4 Å². The van der Waals surface area contributed by atoms with Gasteiger partial charge in [-0.1, -0.05) is 42.5 Å². The lowest BCUT2D eigenvalue weighted by Gasteiger charge is -2.42. The van der Waals surface area contributed by atoms with Gasteiger partial charge in [0, 0.05) is 19.5 Å². The van der Waals surface area contributed by atoms with Gasteiger partial charge in [-0.25, -0.2) is 4.79 Å². The van der Waals surface area contributed by atoms with E-state index in [-0.39, 0.29) is 30.4 Å². The Hall–Kier alpha value is -2.89. The van der Waals surface area contributed by atoms with Crippen molar-refractivity contribution in [1.82, 2.24) is 15.1 Å². The van der Waals surface area contributed by atoms with E-state index < -0.39 is 0 Å². The quantitative estimate of drug-likeness (QED) is 0.861. The monoisotopic (exact) mass is 337 g/mol. The van der Waals surface area contributed by atoms with Gasteiger partial charge in [0.15, 0.2) is 0 Å². The van der Waals surface area contributed by atoms with E-state index in [0.29, 0.717) is 25.9 Å². The molecule has 0 aliphatic carbocycles. The summed E-state index contributed by atoms with van der Waals surface area (Å²) in [6.07, 6.45) is 1.12. The molecule has 0 radical (unpaired) electrons. The van der Waals surface area contributed by atoms with Crippen molar-refractivity contribution in [3.05, 3.63) is 48.0 Å². The number of rotatable bonds is 4. The molecular formula is C19H19N3O3. The molecule has 2 saturated heterocycles. The molecule has 6 nitrogen and oxygen atoms in total. The Kier molecular flexibility index (Phi) is 3.87. The number of hydrogen-bond acceptors (Lipinski definition) is 3. The minimum absolute atomic E-state index is 0.0599. The number of carbonyl (C=O) groups is 3. The molecular weight excluding hydrogens is 318 g/mol. The number of fused-ring (bicyclic) bond motifs is 1. The summed E-state index contributed by atoms with van der Waals surface area (Å²) in [6, 6.07) is 13.8. The van der Waals surface area contributed by atoms with Gasteiger partial charge in [0.05, 0.1) is 12.6 Å². The fourth-order valence-electron chi connectivity index (χ4n) is 3.54. The Morgan fingerprint density at radius 1 is 1.08 bits per heavy atom. The smallest absolute Gasteiger partial charge is 0.324 e. The Balaban J connectivity index is 1.34. The third kappa shape index (κ3) is 2.84. The van der Waals surface area contributed by atoms with Crippen LogP contribution in [0.15, 0.2) is 42.5 Å². The Bertz CT molecular complexity index is 837. The number of carbonyl (C=O) groups excluding carboxylic acids is 3. The number of amides is 4. The average molecular weight is 337 g/mol. The molecule has 0 saturated carbocycles. The zero-order valence-corrected chi connectivity index (χ0v) is 13.8. The third-order valence-corrected chi connectivity index (χ3v) is 4.95. The van der Waals surface area contributed by atoms with Gasteiger partial charge >= 0.3 is 6.03 Å². The van der Waals surface area contributed by atoms with Crippen molar-refractivity contribution < 1.29 is 14.4 Å². The van der Waals surface area contributed by atoms with Gasteiger partial charge in [0.2, 0.25) is 11.8 Å². The SMILES string of the molecule is O=C(CCc1cccc2ccccc12)N1CC(N2C(=O)CNC2=O)C1. The van der Waals surface area contributed by atoms with Crippen LogP contribution in [0.25, 0.3) is 10.8 Å². The van der Waals surface area contributed by atoms with Gasteiger partial charge < -0.3 is 10.2 Å². The van der Waals surface area contributed by atoms with Crippen LogP contribution in [-0.4, -0.2) is 53.3 Å². The minimum atomic E-state index is -0.349. The molecule has 2 fully saturated rings. The lowest BCUT2D eigenvalue weighted by atomic mass is 9.99. The molecule has 0 bridgehead atoms. The largest absolute Gasteiger partial charge is 0.338 e. The van der Waals surface area contributed by atoms with E-state index >= 15 is 0 Å². The molecule has 25 heavy (non-hydrogen) atoms. The molecule has 2 heterocycles. The van der Waals surface area contributed by atoms with Crippen LogP contribution in [0.3, 0.4) is 0 Å². The Labute approximate surface area is 145 Å². The van der Waals surface area contributed by atoms with Crippen LogP contribution in [0.4, 0.5) is 4.79 Å². The highest BCUT2D eigenvalue weighted by Gasteiger charge is 2.42. The Morgan fingerprint density at radius 2 is 1.84 bits per heavy atom. The standard InChI is InChI=1S/C19H19N3O3/c23-17(21-11-15(12-21)22-18(24)10-20-19(22)25)9-8-14-6-3-5-13-4-1-2-7-16(13)14/h1-7,15H,8-12H2,(H,20,25). The Morgan fingerprint density at radius 3 is 2.60 bits per heavy atom. The summed E-state index contributed by atoms with van der Waals surface area (Å²) in [6.45, 7) is 0.936. The molecule has 2 aromatic rings. The molecule has 2 aromatic carbocycles. The molecule has 4 amide bonds. The molecule has 2 aliphatic rings. The van der Waals surface area contributed by atoms with E-state index in [0.717, 1.165) is 5.56 Å². The summed E-state index contributed by atoms with van der Waals surface area (Å²) in [5.74, 6) is -0.144. The van der Waals surface area contributed by atoms with Crippen molar-refractivity contribution in [3.8, 4) is 0 Å². The summed E-state index contributed by atoms with van der Waals surface area (Å²) in [7, 11) is 0. The number of hydrogen-bond donors (Lipinski definition) is 1. The predicted molar refractivity (Wildman–Crippen MR) is 92.9 cm³/mol. The second kappa shape index (κ2) is 6.20. The topological polar surface area (TPSA) is 69.7 Å². The van der Waals surface area contributed by atoms with Crippen molar-refractivity contribution in [2.75, 3.05) is 19.6 Å². The first kappa shape index (κ1) is 15.6. The highest BCUT2D eigenvalue weighted by Crippen LogP contribution is 2.22. The maximum Gasteiger partial charge on any atom is 0.324 e. The van der Waals surface area contributed by atoms with Crippen LogP contribution < -0.4 is 5.32 Å². The van der Waals surface area contributed by atoms with Crippen molar-refractivity contribution in [2.24, 2.45) is 0 Å². The molecule has 0 unspecified atom stereocenters. The van der Waals surface area contributed by atoms with Crippen LogP contribution in [0.5, 0.6) is 0 Å². The second-order valence-corrected chi connectivity index (χ2v) is 6.51. The van der Waals surface area contributed by atoms with E-state index in [1.807, 2.05) is 18.2 Å². The number of likely N-dealkylation sites (tertiary alicyclic amines) is 1. The molecule has 6 heteroatoms. The normalized spacial score (nSPS) is 17.8. The number of urea groups is 1. The van der Waals surface area contributed by atoms with E-state index in [2.05, 4.69) is 29.6 Å². The van der Waals surface area contributed by atoms with E-state index in [1.54, 1.807) is 4.90 Å². The van der Waals surface area contributed by atoms with Crippen LogP contribution in [-0.2, 0) is 16.0 Å². The van der Waals surface area contributed by atoms with Crippen molar-refractivity contribution in [1.29, 1.82) is 0 Å². The summed E-state index contributed by atoms with van der Waals surface area (Å²) in [4.78, 5) is 38.6. The molecule has 0 atom stereocenters. The number of nitrogens with zero attached hydrogens (tertiary/aromatic N) is 2. The molecule has 0 spiro atoms. The van der Waals surface area contributed by atoms with Gasteiger partial charge in [-0.3, -0.25) is 14.5 Å². The first-order chi connectivity index (χ1) is 12.1. The predicted octanol–water partition coefficient (Wildman–Crippen LogP) is 1.53. The molecule has 2 aliphatic heterocycles. The summed E-state index contributed by atoms with van der Waals surface area (Å²) < 4.78 is 0. The summed E-state index contributed by atoms with van der Waals surface area (Å²) in [5, 5.41) is 4.87. The van der Waals surface area contributed by atoms with Crippen LogP contribution in [0.1, 0.15) is 12.0 Å². The number of nitrogens with one attached hydrogen (secondary N) is 1. The highest BCUT2D eigenvalue weighted by atomic mass is 16.2. The van der Waals surface area contributed by atoms with E-state index in [4.69, 9.17) is 0 Å². The zero-order chi connectivity index (χ0) is 17.4. The van der Waals surface area contributed by atoms with E-state index in [1.165, 1.54) is 15.7 Å². The van der Waals surface area contributed by atoms with Gasteiger partial charge in [0.25, 0.3) is 0 Å². The molecule has 128 valence electrons. The van der Waals surface area contributed by atoms with Crippen LogP contribution in [0, 0.1) is 0 Å². The van der Waals surface area contributed by atoms with Crippen LogP contribution >= 0.6 is 0 Å². The lowest BCUT2D eigenvalue weighted by Crippen LogP contribution is -2.62. The maximum atomic E-state index is 12.4. The first-order valence-corrected chi connectivity index (χ1v) is 8.48.